The molecule has 0 fully saturated rings. The van der Waals surface area contributed by atoms with Gasteiger partial charge in [0.15, 0.2) is 0 Å². The summed E-state index contributed by atoms with van der Waals surface area (Å²) in [6, 6.07) is 1.95. The molecule has 4 nitrogen and oxygen atoms in total. The largest absolute Gasteiger partial charge is 0.453 e. The van der Waals surface area contributed by atoms with Crippen molar-refractivity contribution in [2.45, 2.75) is 6.54 Å². The fourth-order valence-corrected chi connectivity index (χ4v) is 2.00. The number of hydrogen-bond acceptors (Lipinski definition) is 4. The first kappa shape index (κ1) is 12.6. The van der Waals surface area contributed by atoms with Crippen LogP contribution in [-0.4, -0.2) is 31.7 Å². The third-order valence-electron chi connectivity index (χ3n) is 1.87. The highest BCUT2D eigenvalue weighted by atomic mass is 32.1. The maximum absolute atomic E-state index is 11.2. The number of rotatable bonds is 2. The molecule has 16 heavy (non-hydrogen) atoms. The molecule has 1 heterocycles. The zero-order valence-corrected chi connectivity index (χ0v) is 10.1. The van der Waals surface area contributed by atoms with Crippen LogP contribution >= 0.6 is 11.3 Å². The molecule has 1 aromatic heterocycles. The minimum Gasteiger partial charge on any atom is -0.453 e. The Hall–Kier alpha value is -1.51. The zero-order valence-electron chi connectivity index (χ0n) is 9.32. The third-order valence-corrected chi connectivity index (χ3v) is 2.79. The molecule has 0 aliphatic rings. The molecule has 2 N–H and O–H groups in total. The van der Waals surface area contributed by atoms with Gasteiger partial charge in [-0.1, -0.05) is 11.8 Å². The third kappa shape index (κ3) is 3.57. The molecule has 0 bridgehead atoms. The lowest BCUT2D eigenvalue weighted by Gasteiger charge is -2.13. The van der Waals surface area contributed by atoms with E-state index in [4.69, 9.17) is 5.73 Å². The van der Waals surface area contributed by atoms with Gasteiger partial charge in [-0.2, -0.15) is 0 Å². The molecular formula is C11H14N2O2S. The summed E-state index contributed by atoms with van der Waals surface area (Å²) >= 11 is 1.56. The maximum Gasteiger partial charge on any atom is 0.409 e. The highest BCUT2D eigenvalue weighted by Crippen LogP contribution is 2.15. The van der Waals surface area contributed by atoms with Crippen LogP contribution in [0.3, 0.4) is 0 Å². The summed E-state index contributed by atoms with van der Waals surface area (Å²) in [7, 11) is 3.06. The van der Waals surface area contributed by atoms with Crippen molar-refractivity contribution in [3.05, 3.63) is 21.9 Å². The van der Waals surface area contributed by atoms with E-state index in [0.717, 1.165) is 10.4 Å². The molecule has 0 unspecified atom stereocenters. The second kappa shape index (κ2) is 6.16. The number of methoxy groups -OCH3 is 1. The molecule has 0 saturated carbocycles. The minimum absolute atomic E-state index is 0.344. The van der Waals surface area contributed by atoms with E-state index < -0.39 is 0 Å². The summed E-state index contributed by atoms with van der Waals surface area (Å²) in [5, 5.41) is 1.95. The van der Waals surface area contributed by atoms with Crippen LogP contribution in [0.1, 0.15) is 10.4 Å². The summed E-state index contributed by atoms with van der Waals surface area (Å²) < 4.78 is 4.60. The molecule has 1 amide bonds. The molecule has 1 aromatic rings. The van der Waals surface area contributed by atoms with Crippen molar-refractivity contribution in [3.63, 3.8) is 0 Å². The fraction of sp³-hybridized carbons (Fsp3) is 0.364. The Morgan fingerprint density at radius 3 is 3.06 bits per heavy atom. The van der Waals surface area contributed by atoms with Crippen LogP contribution in [0.15, 0.2) is 11.4 Å². The average Bonchev–Trinajstić information content (AvgIpc) is 2.72. The second-order valence-electron chi connectivity index (χ2n) is 3.13. The van der Waals surface area contributed by atoms with E-state index in [1.807, 2.05) is 11.4 Å². The SMILES string of the molecule is COC(=O)N(C)Cc1cc(C#CCN)cs1. The Bertz CT molecular complexity index is 417. The van der Waals surface area contributed by atoms with Gasteiger partial charge in [0, 0.05) is 22.9 Å². The molecule has 0 radical (unpaired) electrons. The van der Waals surface area contributed by atoms with Gasteiger partial charge in [0.05, 0.1) is 20.2 Å². The van der Waals surface area contributed by atoms with Crippen LogP contribution in [0, 0.1) is 11.8 Å². The predicted molar refractivity (Wildman–Crippen MR) is 64.1 cm³/mol. The van der Waals surface area contributed by atoms with Crippen molar-refractivity contribution in [2.24, 2.45) is 5.73 Å². The topological polar surface area (TPSA) is 55.6 Å². The summed E-state index contributed by atoms with van der Waals surface area (Å²) in [6.07, 6.45) is -0.344. The number of carbonyl (C=O) groups excluding carboxylic acids is 1. The minimum atomic E-state index is -0.344. The van der Waals surface area contributed by atoms with Crippen molar-refractivity contribution < 1.29 is 9.53 Å². The molecule has 0 atom stereocenters. The number of ether oxygens (including phenoxy) is 1. The molecule has 86 valence electrons. The van der Waals surface area contributed by atoms with Crippen molar-refractivity contribution >= 4 is 17.4 Å². The Labute approximate surface area is 99.0 Å². The van der Waals surface area contributed by atoms with Crippen LogP contribution in [0.25, 0.3) is 0 Å². The first-order valence-electron chi connectivity index (χ1n) is 4.72. The summed E-state index contributed by atoms with van der Waals surface area (Å²) in [5.74, 6) is 5.73. The second-order valence-corrected chi connectivity index (χ2v) is 4.13. The van der Waals surface area contributed by atoms with E-state index in [9.17, 15) is 4.79 Å². The van der Waals surface area contributed by atoms with Gasteiger partial charge < -0.3 is 15.4 Å². The molecule has 0 aromatic carbocycles. The van der Waals surface area contributed by atoms with Crippen molar-refractivity contribution in [2.75, 3.05) is 20.7 Å². The summed E-state index contributed by atoms with van der Waals surface area (Å²) in [5.41, 5.74) is 6.22. The van der Waals surface area contributed by atoms with Crippen LogP contribution in [0.4, 0.5) is 4.79 Å². The monoisotopic (exact) mass is 238 g/mol. The van der Waals surface area contributed by atoms with Crippen molar-refractivity contribution in [1.29, 1.82) is 0 Å². The van der Waals surface area contributed by atoms with E-state index in [1.165, 1.54) is 12.0 Å². The Kier molecular flexibility index (Phi) is 4.83. The summed E-state index contributed by atoms with van der Waals surface area (Å²) in [6.45, 7) is 0.884. The Balaban J connectivity index is 2.61. The zero-order chi connectivity index (χ0) is 12.0. The van der Waals surface area contributed by atoms with E-state index in [0.29, 0.717) is 13.1 Å². The van der Waals surface area contributed by atoms with E-state index in [-0.39, 0.29) is 6.09 Å². The van der Waals surface area contributed by atoms with E-state index >= 15 is 0 Å². The lowest BCUT2D eigenvalue weighted by atomic mass is 10.3. The van der Waals surface area contributed by atoms with Crippen molar-refractivity contribution in [1.82, 2.24) is 4.90 Å². The van der Waals surface area contributed by atoms with E-state index in [2.05, 4.69) is 16.6 Å². The van der Waals surface area contributed by atoms with E-state index in [1.54, 1.807) is 18.4 Å². The van der Waals surface area contributed by atoms with Gasteiger partial charge in [-0.15, -0.1) is 11.3 Å². The van der Waals surface area contributed by atoms with Gasteiger partial charge >= 0.3 is 6.09 Å². The standard InChI is InChI=1S/C11H14N2O2S/c1-13(11(14)15-2)7-10-6-9(8-16-10)4-3-5-12/h6,8H,5,7,12H2,1-2H3. The maximum atomic E-state index is 11.2. The summed E-state index contributed by atoms with van der Waals surface area (Å²) in [4.78, 5) is 13.7. The first-order valence-corrected chi connectivity index (χ1v) is 5.60. The molecule has 1 rings (SSSR count). The lowest BCUT2D eigenvalue weighted by molar-refractivity contribution is 0.131. The van der Waals surface area contributed by atoms with Crippen LogP contribution in [-0.2, 0) is 11.3 Å². The Morgan fingerprint density at radius 2 is 2.44 bits per heavy atom. The fourth-order valence-electron chi connectivity index (χ4n) is 1.14. The number of hydrogen-bond donors (Lipinski definition) is 1. The molecular weight excluding hydrogens is 224 g/mol. The van der Waals surface area contributed by atoms with Gasteiger partial charge in [-0.3, -0.25) is 0 Å². The lowest BCUT2D eigenvalue weighted by Crippen LogP contribution is -2.25. The molecule has 0 saturated heterocycles. The van der Waals surface area contributed by atoms with Crippen LogP contribution < -0.4 is 5.73 Å². The van der Waals surface area contributed by atoms with Crippen molar-refractivity contribution in [3.8, 4) is 11.8 Å². The van der Waals surface area contributed by atoms with Gasteiger partial charge in [0.1, 0.15) is 0 Å². The van der Waals surface area contributed by atoms with Crippen LogP contribution in [0.2, 0.25) is 0 Å². The number of nitrogens with two attached hydrogens (primary N) is 1. The molecule has 0 aliphatic carbocycles. The highest BCUT2D eigenvalue weighted by molar-refractivity contribution is 7.10. The predicted octanol–water partition coefficient (Wildman–Crippen LogP) is 1.26. The van der Waals surface area contributed by atoms with Gasteiger partial charge in [0.2, 0.25) is 0 Å². The van der Waals surface area contributed by atoms with Gasteiger partial charge in [-0.25, -0.2) is 4.79 Å². The van der Waals surface area contributed by atoms with Gasteiger partial charge in [0.25, 0.3) is 0 Å². The molecule has 0 spiro atoms. The number of nitrogens with zero attached hydrogens (tertiary/aromatic N) is 1. The molecule has 0 aliphatic heterocycles. The molecule has 5 heteroatoms. The van der Waals surface area contributed by atoms with Crippen LogP contribution in [0.5, 0.6) is 0 Å². The quantitative estimate of drug-likeness (QED) is 0.789. The number of thiophene rings is 1. The average molecular weight is 238 g/mol. The Morgan fingerprint density at radius 1 is 1.69 bits per heavy atom. The highest BCUT2D eigenvalue weighted by Gasteiger charge is 2.09. The first-order chi connectivity index (χ1) is 7.67. The number of amides is 1. The van der Waals surface area contributed by atoms with Gasteiger partial charge in [-0.05, 0) is 6.07 Å². The smallest absolute Gasteiger partial charge is 0.409 e. The normalized spacial score (nSPS) is 9.19. The number of carbonyl (C=O) groups is 1.